The molecule has 1 fully saturated rings. The van der Waals surface area contributed by atoms with Crippen LogP contribution in [-0.4, -0.2) is 37.4 Å². The van der Waals surface area contributed by atoms with E-state index in [1.807, 2.05) is 6.92 Å². The van der Waals surface area contributed by atoms with E-state index < -0.39 is 10.0 Å². The van der Waals surface area contributed by atoms with Crippen LogP contribution >= 0.6 is 11.6 Å². The molecule has 8 heteroatoms. The van der Waals surface area contributed by atoms with E-state index in [0.717, 1.165) is 22.7 Å². The molecule has 0 unspecified atom stereocenters. The fourth-order valence-corrected chi connectivity index (χ4v) is 3.80. The number of hydrogen-bond acceptors (Lipinski definition) is 5. The number of fused-ring (bicyclic) bond motifs is 1. The van der Waals surface area contributed by atoms with Gasteiger partial charge in [0.05, 0.1) is 23.1 Å². The van der Waals surface area contributed by atoms with Crippen molar-refractivity contribution in [3.05, 3.63) is 59.4 Å². The Bertz CT molecular complexity index is 956. The van der Waals surface area contributed by atoms with Gasteiger partial charge in [-0.05, 0) is 31.2 Å². The zero-order valence-electron chi connectivity index (χ0n) is 13.6. The standard InChI is InChI=1S/C14H11ClN2O2S.C3H6O2/c1-10-2-4-11(5-3-10)20(18,19)17-9-7-12-13(15)6-8-16-14(12)17;1-2-5-3-4-1/h2-9H,1H3;1-3H2. The molecular formula is C17H17ClN2O4S. The average molecular weight is 381 g/mol. The number of aryl methyl sites for hydroxylation is 1. The van der Waals surface area contributed by atoms with E-state index in [1.54, 1.807) is 36.4 Å². The lowest BCUT2D eigenvalue weighted by Crippen LogP contribution is -2.12. The molecule has 3 aromatic rings. The summed E-state index contributed by atoms with van der Waals surface area (Å²) in [5.41, 5.74) is 1.33. The smallest absolute Gasteiger partial charge is 0.269 e. The summed E-state index contributed by atoms with van der Waals surface area (Å²) >= 11 is 6.04. The third-order valence-corrected chi connectivity index (χ3v) is 5.63. The Kier molecular flexibility index (Phi) is 5.39. The van der Waals surface area contributed by atoms with Gasteiger partial charge >= 0.3 is 0 Å². The van der Waals surface area contributed by atoms with Gasteiger partial charge in [-0.3, -0.25) is 0 Å². The summed E-state index contributed by atoms with van der Waals surface area (Å²) in [4.78, 5) is 4.34. The second-order valence-corrected chi connectivity index (χ2v) is 7.62. The summed E-state index contributed by atoms with van der Waals surface area (Å²) in [5.74, 6) is 0. The summed E-state index contributed by atoms with van der Waals surface area (Å²) < 4.78 is 35.8. The van der Waals surface area contributed by atoms with Crippen LogP contribution in [0.5, 0.6) is 0 Å². The molecule has 132 valence electrons. The Balaban J connectivity index is 0.000000314. The van der Waals surface area contributed by atoms with Crippen LogP contribution in [0.1, 0.15) is 5.56 Å². The number of hydrogen-bond donors (Lipinski definition) is 0. The summed E-state index contributed by atoms with van der Waals surface area (Å²) in [6.07, 6.45) is 2.96. The molecule has 0 radical (unpaired) electrons. The van der Waals surface area contributed by atoms with Gasteiger partial charge in [-0.25, -0.2) is 17.4 Å². The Morgan fingerprint density at radius 2 is 1.76 bits per heavy atom. The maximum atomic E-state index is 12.6. The quantitative estimate of drug-likeness (QED) is 0.682. The highest BCUT2D eigenvalue weighted by Gasteiger charge is 2.20. The van der Waals surface area contributed by atoms with Crippen molar-refractivity contribution in [2.75, 3.05) is 20.0 Å². The second-order valence-electron chi connectivity index (χ2n) is 5.39. The van der Waals surface area contributed by atoms with E-state index in [2.05, 4.69) is 4.98 Å². The summed E-state index contributed by atoms with van der Waals surface area (Å²) in [7, 11) is -3.66. The average Bonchev–Trinajstić information content (AvgIpc) is 3.29. The number of benzene rings is 1. The van der Waals surface area contributed by atoms with Crippen LogP contribution in [0.2, 0.25) is 5.02 Å². The Morgan fingerprint density at radius 3 is 2.36 bits per heavy atom. The number of halogens is 1. The fourth-order valence-electron chi connectivity index (χ4n) is 2.29. The first-order valence-electron chi connectivity index (χ1n) is 7.59. The molecule has 0 N–H and O–H groups in total. The number of aromatic nitrogens is 2. The predicted molar refractivity (Wildman–Crippen MR) is 95.3 cm³/mol. The van der Waals surface area contributed by atoms with Crippen LogP contribution < -0.4 is 0 Å². The molecule has 2 aromatic heterocycles. The van der Waals surface area contributed by atoms with Crippen LogP contribution in [-0.2, 0) is 19.5 Å². The van der Waals surface area contributed by atoms with Gasteiger partial charge in [0.15, 0.2) is 5.65 Å². The lowest BCUT2D eigenvalue weighted by Gasteiger charge is -2.07. The fraction of sp³-hybridized carbons (Fsp3) is 0.235. The number of nitrogens with zero attached hydrogens (tertiary/aromatic N) is 2. The Morgan fingerprint density at radius 1 is 1.08 bits per heavy atom. The van der Waals surface area contributed by atoms with Crippen molar-refractivity contribution in [3.63, 3.8) is 0 Å². The van der Waals surface area contributed by atoms with Crippen molar-refractivity contribution >= 4 is 32.7 Å². The number of ether oxygens (including phenoxy) is 2. The van der Waals surface area contributed by atoms with Crippen molar-refractivity contribution in [1.29, 1.82) is 0 Å². The molecular weight excluding hydrogens is 364 g/mol. The van der Waals surface area contributed by atoms with Gasteiger partial charge < -0.3 is 9.47 Å². The summed E-state index contributed by atoms with van der Waals surface area (Å²) in [6, 6.07) is 9.98. The molecule has 0 aliphatic carbocycles. The van der Waals surface area contributed by atoms with Gasteiger partial charge in [-0.2, -0.15) is 0 Å². The minimum atomic E-state index is -3.66. The highest BCUT2D eigenvalue weighted by molar-refractivity contribution is 7.90. The Labute approximate surface area is 151 Å². The van der Waals surface area contributed by atoms with Crippen LogP contribution in [0.25, 0.3) is 11.0 Å². The monoisotopic (exact) mass is 380 g/mol. The molecule has 0 amide bonds. The van der Waals surface area contributed by atoms with Gasteiger partial charge in [0.1, 0.15) is 6.79 Å². The topological polar surface area (TPSA) is 70.4 Å². The van der Waals surface area contributed by atoms with E-state index in [9.17, 15) is 8.42 Å². The molecule has 1 aliphatic rings. The van der Waals surface area contributed by atoms with Crippen molar-refractivity contribution in [1.82, 2.24) is 8.96 Å². The first kappa shape index (κ1) is 17.9. The number of pyridine rings is 1. The van der Waals surface area contributed by atoms with E-state index in [1.165, 1.54) is 12.4 Å². The third kappa shape index (κ3) is 3.85. The SMILES string of the molecule is C1COCO1.Cc1ccc(S(=O)(=O)n2ccc3c(Cl)ccnc32)cc1. The van der Waals surface area contributed by atoms with Crippen LogP contribution in [0.15, 0.2) is 53.7 Å². The molecule has 0 atom stereocenters. The normalized spacial score (nSPS) is 14.3. The molecule has 6 nitrogen and oxygen atoms in total. The van der Waals surface area contributed by atoms with Crippen LogP contribution in [0.3, 0.4) is 0 Å². The van der Waals surface area contributed by atoms with Gasteiger partial charge in [0.25, 0.3) is 10.0 Å². The van der Waals surface area contributed by atoms with E-state index >= 15 is 0 Å². The highest BCUT2D eigenvalue weighted by atomic mass is 35.5. The van der Waals surface area contributed by atoms with E-state index in [-0.39, 0.29) is 4.90 Å². The van der Waals surface area contributed by atoms with Crippen LogP contribution in [0, 0.1) is 6.92 Å². The van der Waals surface area contributed by atoms with Gasteiger partial charge in [0, 0.05) is 17.8 Å². The summed E-state index contributed by atoms with van der Waals surface area (Å²) in [6.45, 7) is 3.96. The molecule has 0 spiro atoms. The van der Waals surface area contributed by atoms with E-state index in [0.29, 0.717) is 22.8 Å². The van der Waals surface area contributed by atoms with Gasteiger partial charge in [-0.1, -0.05) is 29.3 Å². The zero-order chi connectivity index (χ0) is 17.9. The first-order chi connectivity index (χ1) is 12.0. The molecule has 1 saturated heterocycles. The molecule has 3 heterocycles. The lowest BCUT2D eigenvalue weighted by atomic mass is 10.2. The molecule has 0 bridgehead atoms. The van der Waals surface area contributed by atoms with Crippen molar-refractivity contribution in [2.45, 2.75) is 11.8 Å². The minimum absolute atomic E-state index is 0.224. The Hall–Kier alpha value is -1.93. The third-order valence-electron chi connectivity index (χ3n) is 3.62. The molecule has 4 rings (SSSR count). The van der Waals surface area contributed by atoms with Gasteiger partial charge in [-0.15, -0.1) is 0 Å². The molecule has 1 aromatic carbocycles. The maximum absolute atomic E-state index is 12.6. The zero-order valence-corrected chi connectivity index (χ0v) is 15.1. The van der Waals surface area contributed by atoms with Crippen LogP contribution in [0.4, 0.5) is 0 Å². The number of rotatable bonds is 2. The minimum Gasteiger partial charge on any atom is -0.353 e. The predicted octanol–water partition coefficient (Wildman–Crippen LogP) is 3.23. The van der Waals surface area contributed by atoms with Gasteiger partial charge in [0.2, 0.25) is 0 Å². The van der Waals surface area contributed by atoms with Crippen molar-refractivity contribution in [2.24, 2.45) is 0 Å². The molecule has 1 aliphatic heterocycles. The molecule has 25 heavy (non-hydrogen) atoms. The summed E-state index contributed by atoms with van der Waals surface area (Å²) in [5, 5.41) is 1.10. The lowest BCUT2D eigenvalue weighted by molar-refractivity contribution is 0.0692. The maximum Gasteiger partial charge on any atom is 0.269 e. The van der Waals surface area contributed by atoms with Crippen molar-refractivity contribution in [3.8, 4) is 0 Å². The highest BCUT2D eigenvalue weighted by Crippen LogP contribution is 2.25. The largest absolute Gasteiger partial charge is 0.353 e. The van der Waals surface area contributed by atoms with Crippen molar-refractivity contribution < 1.29 is 17.9 Å². The molecule has 0 saturated carbocycles. The van der Waals surface area contributed by atoms with E-state index in [4.69, 9.17) is 21.1 Å². The first-order valence-corrected chi connectivity index (χ1v) is 9.41. The second kappa shape index (κ2) is 7.53.